The molecule has 0 fully saturated rings. The smallest absolute Gasteiger partial charge is 0.305 e. The second-order valence-electron chi connectivity index (χ2n) is 4.36. The van der Waals surface area contributed by atoms with Gasteiger partial charge in [-0.1, -0.05) is 6.92 Å². The van der Waals surface area contributed by atoms with Crippen molar-refractivity contribution in [3.05, 3.63) is 29.3 Å². The topological polar surface area (TPSA) is 75.6 Å². The zero-order chi connectivity index (χ0) is 14.4. The Bertz CT molecular complexity index is 471. The van der Waals surface area contributed by atoms with Crippen molar-refractivity contribution in [3.63, 3.8) is 0 Å². The first kappa shape index (κ1) is 15.0. The molecule has 0 aromatic heterocycles. The maximum absolute atomic E-state index is 12.0. The Balaban J connectivity index is 2.77. The molecular formula is C14H19NO4. The van der Waals surface area contributed by atoms with Crippen LogP contribution >= 0.6 is 0 Å². The van der Waals surface area contributed by atoms with Crippen LogP contribution in [0.2, 0.25) is 0 Å². The summed E-state index contributed by atoms with van der Waals surface area (Å²) in [5.74, 6) is -0.467. The van der Waals surface area contributed by atoms with E-state index in [2.05, 4.69) is 5.32 Å². The first-order chi connectivity index (χ1) is 8.97. The van der Waals surface area contributed by atoms with Crippen molar-refractivity contribution in [2.45, 2.75) is 32.7 Å². The van der Waals surface area contributed by atoms with E-state index in [9.17, 15) is 9.59 Å². The van der Waals surface area contributed by atoms with Gasteiger partial charge in [0.05, 0.1) is 13.5 Å². The van der Waals surface area contributed by atoms with Crippen LogP contribution in [0, 0.1) is 6.92 Å². The third-order valence-corrected chi connectivity index (χ3v) is 2.91. The maximum atomic E-state index is 12.0. The zero-order valence-electron chi connectivity index (χ0n) is 11.4. The van der Waals surface area contributed by atoms with E-state index in [0.717, 1.165) is 5.56 Å². The molecule has 0 aliphatic heterocycles. The van der Waals surface area contributed by atoms with Crippen LogP contribution in [-0.2, 0) is 4.79 Å². The van der Waals surface area contributed by atoms with Crippen LogP contribution in [0.4, 0.5) is 0 Å². The molecule has 1 aromatic rings. The number of benzene rings is 1. The van der Waals surface area contributed by atoms with Gasteiger partial charge in [-0.05, 0) is 37.1 Å². The minimum Gasteiger partial charge on any atom is -0.496 e. The number of carbonyl (C=O) groups is 2. The van der Waals surface area contributed by atoms with Crippen LogP contribution in [0.25, 0.3) is 0 Å². The number of ether oxygens (including phenoxy) is 1. The van der Waals surface area contributed by atoms with E-state index in [1.165, 1.54) is 0 Å². The van der Waals surface area contributed by atoms with Crippen LogP contribution < -0.4 is 10.1 Å². The fourth-order valence-electron chi connectivity index (χ4n) is 1.80. The lowest BCUT2D eigenvalue weighted by Crippen LogP contribution is -2.36. The summed E-state index contributed by atoms with van der Waals surface area (Å²) in [6.45, 7) is 3.69. The van der Waals surface area contributed by atoms with Crippen molar-refractivity contribution < 1.29 is 19.4 Å². The molecule has 0 spiro atoms. The summed E-state index contributed by atoms with van der Waals surface area (Å²) in [6.07, 6.45) is 0.505. The van der Waals surface area contributed by atoms with E-state index in [4.69, 9.17) is 9.84 Å². The van der Waals surface area contributed by atoms with Gasteiger partial charge >= 0.3 is 5.97 Å². The number of aliphatic carboxylic acids is 1. The molecule has 0 bridgehead atoms. The highest BCUT2D eigenvalue weighted by Gasteiger charge is 2.15. The molecule has 5 nitrogen and oxygen atoms in total. The predicted molar refractivity (Wildman–Crippen MR) is 71.5 cm³/mol. The average Bonchev–Trinajstić information content (AvgIpc) is 2.37. The van der Waals surface area contributed by atoms with Crippen molar-refractivity contribution >= 4 is 11.9 Å². The van der Waals surface area contributed by atoms with E-state index in [1.54, 1.807) is 25.3 Å². The SMILES string of the molecule is CCC(CC(=O)O)NC(=O)c1ccc(OC)c(C)c1. The van der Waals surface area contributed by atoms with Gasteiger partial charge in [0.25, 0.3) is 5.91 Å². The Morgan fingerprint density at radius 3 is 2.58 bits per heavy atom. The van der Waals surface area contributed by atoms with Crippen molar-refractivity contribution in [3.8, 4) is 5.75 Å². The van der Waals surface area contributed by atoms with Gasteiger partial charge in [0.15, 0.2) is 0 Å². The van der Waals surface area contributed by atoms with Gasteiger partial charge in [-0.15, -0.1) is 0 Å². The molecule has 19 heavy (non-hydrogen) atoms. The monoisotopic (exact) mass is 265 g/mol. The fraction of sp³-hybridized carbons (Fsp3) is 0.429. The Labute approximate surface area is 112 Å². The summed E-state index contributed by atoms with van der Waals surface area (Å²) < 4.78 is 5.13. The van der Waals surface area contributed by atoms with Gasteiger partial charge in [-0.3, -0.25) is 9.59 Å². The lowest BCUT2D eigenvalue weighted by atomic mass is 10.1. The van der Waals surface area contributed by atoms with Gasteiger partial charge in [-0.2, -0.15) is 0 Å². The highest BCUT2D eigenvalue weighted by Crippen LogP contribution is 2.18. The standard InChI is InChI=1S/C14H19NO4/c1-4-11(8-13(16)17)15-14(18)10-5-6-12(19-3)9(2)7-10/h5-7,11H,4,8H2,1-3H3,(H,15,18)(H,16,17). The Morgan fingerprint density at radius 1 is 1.42 bits per heavy atom. The number of carbonyl (C=O) groups excluding carboxylic acids is 1. The third kappa shape index (κ3) is 4.28. The van der Waals surface area contributed by atoms with Crippen LogP contribution in [0.15, 0.2) is 18.2 Å². The number of hydrogen-bond acceptors (Lipinski definition) is 3. The number of amides is 1. The van der Waals surface area contributed by atoms with Gasteiger partial charge in [0.2, 0.25) is 0 Å². The van der Waals surface area contributed by atoms with Gasteiger partial charge < -0.3 is 15.2 Å². The zero-order valence-corrected chi connectivity index (χ0v) is 11.4. The van der Waals surface area contributed by atoms with Gasteiger partial charge in [0, 0.05) is 11.6 Å². The number of carboxylic acid groups (broad SMARTS) is 1. The van der Waals surface area contributed by atoms with E-state index >= 15 is 0 Å². The summed E-state index contributed by atoms with van der Waals surface area (Å²) in [5, 5.41) is 11.5. The lowest BCUT2D eigenvalue weighted by molar-refractivity contribution is -0.137. The van der Waals surface area contributed by atoms with E-state index in [1.807, 2.05) is 13.8 Å². The first-order valence-corrected chi connectivity index (χ1v) is 6.15. The molecule has 1 aromatic carbocycles. The lowest BCUT2D eigenvalue weighted by Gasteiger charge is -2.15. The molecule has 104 valence electrons. The first-order valence-electron chi connectivity index (χ1n) is 6.15. The Kier molecular flexibility index (Phi) is 5.36. The molecule has 0 saturated carbocycles. The van der Waals surface area contributed by atoms with Crippen LogP contribution in [0.1, 0.15) is 35.7 Å². The van der Waals surface area contributed by atoms with Gasteiger partial charge in [-0.25, -0.2) is 0 Å². The number of methoxy groups -OCH3 is 1. The largest absolute Gasteiger partial charge is 0.496 e. The highest BCUT2D eigenvalue weighted by molar-refractivity contribution is 5.95. The predicted octanol–water partition coefficient (Wildman–Crippen LogP) is 1.99. The van der Waals surface area contributed by atoms with Crippen molar-refractivity contribution in [1.29, 1.82) is 0 Å². The molecule has 0 radical (unpaired) electrons. The minimum atomic E-state index is -0.918. The quantitative estimate of drug-likeness (QED) is 0.824. The summed E-state index contributed by atoms with van der Waals surface area (Å²) >= 11 is 0. The number of aryl methyl sites for hydroxylation is 1. The number of nitrogens with one attached hydrogen (secondary N) is 1. The molecule has 1 rings (SSSR count). The second kappa shape index (κ2) is 6.78. The van der Waals surface area contributed by atoms with E-state index < -0.39 is 5.97 Å². The summed E-state index contributed by atoms with van der Waals surface area (Å²) in [7, 11) is 1.57. The fourth-order valence-corrected chi connectivity index (χ4v) is 1.80. The number of carboxylic acids is 1. The summed E-state index contributed by atoms with van der Waals surface area (Å²) in [4.78, 5) is 22.7. The molecule has 0 saturated heterocycles. The summed E-state index contributed by atoms with van der Waals surface area (Å²) in [6, 6.07) is 4.76. The van der Waals surface area contributed by atoms with Crippen molar-refractivity contribution in [2.75, 3.05) is 7.11 Å². The maximum Gasteiger partial charge on any atom is 0.305 e. The minimum absolute atomic E-state index is 0.0720. The number of hydrogen-bond donors (Lipinski definition) is 2. The van der Waals surface area contributed by atoms with Crippen molar-refractivity contribution in [1.82, 2.24) is 5.32 Å². The molecule has 2 N–H and O–H groups in total. The normalized spacial score (nSPS) is 11.7. The molecular weight excluding hydrogens is 246 g/mol. The highest BCUT2D eigenvalue weighted by atomic mass is 16.5. The van der Waals surface area contributed by atoms with Crippen LogP contribution in [0.3, 0.4) is 0 Å². The molecule has 1 atom stereocenters. The molecule has 1 amide bonds. The molecule has 0 aliphatic rings. The average molecular weight is 265 g/mol. The third-order valence-electron chi connectivity index (χ3n) is 2.91. The molecule has 0 heterocycles. The molecule has 0 aliphatic carbocycles. The molecule has 1 unspecified atom stereocenters. The van der Waals surface area contributed by atoms with Gasteiger partial charge in [0.1, 0.15) is 5.75 Å². The summed E-state index contributed by atoms with van der Waals surface area (Å²) in [5.41, 5.74) is 1.36. The van der Waals surface area contributed by atoms with Crippen LogP contribution in [0.5, 0.6) is 5.75 Å². The molecule has 5 heteroatoms. The van der Waals surface area contributed by atoms with Crippen molar-refractivity contribution in [2.24, 2.45) is 0 Å². The van der Waals surface area contributed by atoms with E-state index in [0.29, 0.717) is 17.7 Å². The van der Waals surface area contributed by atoms with E-state index in [-0.39, 0.29) is 18.4 Å². The Morgan fingerprint density at radius 2 is 2.11 bits per heavy atom. The second-order valence-corrected chi connectivity index (χ2v) is 4.36. The Hall–Kier alpha value is -2.04. The number of rotatable bonds is 6. The van der Waals surface area contributed by atoms with Crippen LogP contribution in [-0.4, -0.2) is 30.1 Å².